The summed E-state index contributed by atoms with van der Waals surface area (Å²) < 4.78 is 10.8. The Labute approximate surface area is 238 Å². The van der Waals surface area contributed by atoms with Gasteiger partial charge in [0.1, 0.15) is 0 Å². The van der Waals surface area contributed by atoms with Crippen molar-refractivity contribution in [3.05, 3.63) is 59.2 Å². The Bertz CT molecular complexity index is 1080. The van der Waals surface area contributed by atoms with Crippen LogP contribution in [0, 0.1) is 6.92 Å². The van der Waals surface area contributed by atoms with Crippen molar-refractivity contribution >= 4 is 24.0 Å². The topological polar surface area (TPSA) is 106 Å². The number of carbonyl (C=O) groups excluding carboxylic acids is 3. The number of unbranched alkanes of at least 4 members (excludes halogenated alkanes) is 10. The largest absolute Gasteiger partial charge is 0.493 e. The molecule has 0 spiro atoms. The van der Waals surface area contributed by atoms with E-state index in [0.29, 0.717) is 23.3 Å². The quantitative estimate of drug-likeness (QED) is 0.0682. The normalized spacial score (nSPS) is 10.9. The molecule has 0 radical (unpaired) electrons. The number of amides is 2. The van der Waals surface area contributed by atoms with E-state index in [-0.39, 0.29) is 18.2 Å². The Balaban J connectivity index is 1.62. The second-order valence-corrected chi connectivity index (χ2v) is 10.0. The van der Waals surface area contributed by atoms with Gasteiger partial charge in [-0.2, -0.15) is 5.10 Å². The van der Waals surface area contributed by atoms with Crippen LogP contribution in [0.5, 0.6) is 11.5 Å². The fourth-order valence-electron chi connectivity index (χ4n) is 4.13. The summed E-state index contributed by atoms with van der Waals surface area (Å²) in [6.07, 6.45) is 15.4. The van der Waals surface area contributed by atoms with Crippen LogP contribution in [-0.4, -0.2) is 37.7 Å². The number of nitrogens with zero attached hydrogens (tertiary/aromatic N) is 1. The van der Waals surface area contributed by atoms with Crippen LogP contribution in [0.15, 0.2) is 47.6 Å². The number of carbonyl (C=O) groups is 3. The zero-order chi connectivity index (χ0) is 29.0. The van der Waals surface area contributed by atoms with Gasteiger partial charge in [-0.15, -0.1) is 0 Å². The molecule has 0 aromatic heterocycles. The molecule has 0 saturated heterocycles. The molecule has 40 heavy (non-hydrogen) atoms. The van der Waals surface area contributed by atoms with E-state index in [9.17, 15) is 14.4 Å². The highest BCUT2D eigenvalue weighted by Gasteiger charge is 2.13. The number of aryl methyl sites for hydroxylation is 1. The third kappa shape index (κ3) is 13.4. The smallest absolute Gasteiger partial charge is 0.343 e. The highest BCUT2D eigenvalue weighted by atomic mass is 16.6. The van der Waals surface area contributed by atoms with Gasteiger partial charge in [0, 0.05) is 6.42 Å². The predicted molar refractivity (Wildman–Crippen MR) is 159 cm³/mol. The molecule has 0 heterocycles. The van der Waals surface area contributed by atoms with Crippen LogP contribution in [0.25, 0.3) is 0 Å². The number of rotatable bonds is 19. The number of hydrazone groups is 1. The lowest BCUT2D eigenvalue weighted by atomic mass is 10.1. The van der Waals surface area contributed by atoms with Crippen molar-refractivity contribution in [3.63, 3.8) is 0 Å². The summed E-state index contributed by atoms with van der Waals surface area (Å²) in [5.41, 5.74) is 4.52. The summed E-state index contributed by atoms with van der Waals surface area (Å²) >= 11 is 0. The predicted octanol–water partition coefficient (Wildman–Crippen LogP) is 6.49. The van der Waals surface area contributed by atoms with Crippen molar-refractivity contribution in [3.8, 4) is 11.5 Å². The summed E-state index contributed by atoms with van der Waals surface area (Å²) in [5, 5.41) is 6.57. The molecule has 0 unspecified atom stereocenters. The van der Waals surface area contributed by atoms with Crippen molar-refractivity contribution in [2.45, 2.75) is 90.9 Å². The minimum atomic E-state index is -0.488. The van der Waals surface area contributed by atoms with Crippen LogP contribution in [0.2, 0.25) is 0 Å². The number of esters is 1. The SMILES string of the molecule is CCCCCCCCCCCCCC(=O)NCC(=O)N/N=C/c1ccc(OC(=O)c2ccc(C)cc2)c(OC)c1. The Morgan fingerprint density at radius 2 is 1.43 bits per heavy atom. The highest BCUT2D eigenvalue weighted by Crippen LogP contribution is 2.28. The summed E-state index contributed by atoms with van der Waals surface area (Å²) in [6.45, 7) is 4.05. The number of benzene rings is 2. The number of nitrogens with one attached hydrogen (secondary N) is 2. The first-order chi connectivity index (χ1) is 19.4. The number of hydrogen-bond donors (Lipinski definition) is 2. The van der Waals surface area contributed by atoms with Gasteiger partial charge in [-0.3, -0.25) is 9.59 Å². The molecule has 2 amide bonds. The third-order valence-corrected chi connectivity index (χ3v) is 6.53. The lowest BCUT2D eigenvalue weighted by molar-refractivity contribution is -0.126. The van der Waals surface area contributed by atoms with Crippen molar-refractivity contribution in [1.29, 1.82) is 0 Å². The number of hydrogen-bond acceptors (Lipinski definition) is 6. The van der Waals surface area contributed by atoms with Gasteiger partial charge in [0.25, 0.3) is 5.91 Å². The third-order valence-electron chi connectivity index (χ3n) is 6.53. The van der Waals surface area contributed by atoms with E-state index in [1.165, 1.54) is 64.7 Å². The number of ether oxygens (including phenoxy) is 2. The maximum atomic E-state index is 12.4. The molecule has 0 saturated carbocycles. The van der Waals surface area contributed by atoms with E-state index in [1.54, 1.807) is 30.3 Å². The van der Waals surface area contributed by atoms with Crippen molar-refractivity contribution in [1.82, 2.24) is 10.7 Å². The molecule has 2 aromatic rings. The molecule has 0 bridgehead atoms. The van der Waals surface area contributed by atoms with Gasteiger partial charge >= 0.3 is 5.97 Å². The molecule has 2 rings (SSSR count). The van der Waals surface area contributed by atoms with Gasteiger partial charge in [0.15, 0.2) is 11.5 Å². The van der Waals surface area contributed by atoms with Crippen molar-refractivity contribution in [2.24, 2.45) is 5.10 Å². The minimum Gasteiger partial charge on any atom is -0.493 e. The fourth-order valence-corrected chi connectivity index (χ4v) is 4.13. The van der Waals surface area contributed by atoms with Crippen LogP contribution in [0.1, 0.15) is 105 Å². The Hall–Kier alpha value is -3.68. The Kier molecular flexibility index (Phi) is 15.8. The van der Waals surface area contributed by atoms with E-state index in [1.807, 2.05) is 19.1 Å². The molecule has 0 aliphatic carbocycles. The van der Waals surface area contributed by atoms with Gasteiger partial charge < -0.3 is 14.8 Å². The van der Waals surface area contributed by atoms with Crippen LogP contribution >= 0.6 is 0 Å². The molecular weight excluding hydrogens is 506 g/mol. The van der Waals surface area contributed by atoms with Gasteiger partial charge in [0.2, 0.25) is 5.91 Å². The van der Waals surface area contributed by atoms with Crippen molar-refractivity contribution in [2.75, 3.05) is 13.7 Å². The second-order valence-electron chi connectivity index (χ2n) is 10.0. The standard InChI is InChI=1S/C32H45N3O5/c1-4-5-6-7-8-9-10-11-12-13-14-15-30(36)33-24-31(37)35-34-23-26-18-21-28(29(22-26)39-3)40-32(38)27-19-16-25(2)17-20-27/h16-23H,4-15,24H2,1-3H3,(H,33,36)(H,35,37)/b34-23+. The average molecular weight is 552 g/mol. The maximum absolute atomic E-state index is 12.4. The monoisotopic (exact) mass is 551 g/mol. The summed E-state index contributed by atoms with van der Waals surface area (Å²) in [6, 6.07) is 12.0. The molecule has 0 aliphatic heterocycles. The van der Waals surface area contributed by atoms with Gasteiger partial charge in [-0.05, 0) is 49.2 Å². The van der Waals surface area contributed by atoms with Crippen LogP contribution in [0.4, 0.5) is 0 Å². The average Bonchev–Trinajstić information content (AvgIpc) is 2.95. The molecule has 0 fully saturated rings. The lowest BCUT2D eigenvalue weighted by Crippen LogP contribution is -2.34. The molecule has 2 N–H and O–H groups in total. The van der Waals surface area contributed by atoms with E-state index in [4.69, 9.17) is 9.47 Å². The lowest BCUT2D eigenvalue weighted by Gasteiger charge is -2.10. The van der Waals surface area contributed by atoms with Gasteiger partial charge in [-0.1, -0.05) is 88.8 Å². The first-order valence-electron chi connectivity index (χ1n) is 14.5. The number of methoxy groups -OCH3 is 1. The zero-order valence-electron chi connectivity index (χ0n) is 24.3. The van der Waals surface area contributed by atoms with E-state index in [2.05, 4.69) is 22.8 Å². The summed E-state index contributed by atoms with van der Waals surface area (Å²) in [4.78, 5) is 36.4. The van der Waals surface area contributed by atoms with E-state index >= 15 is 0 Å². The minimum absolute atomic E-state index is 0.129. The zero-order valence-corrected chi connectivity index (χ0v) is 24.3. The molecule has 0 atom stereocenters. The van der Waals surface area contributed by atoms with E-state index in [0.717, 1.165) is 24.8 Å². The molecule has 2 aromatic carbocycles. The van der Waals surface area contributed by atoms with E-state index < -0.39 is 11.9 Å². The van der Waals surface area contributed by atoms with Crippen molar-refractivity contribution < 1.29 is 23.9 Å². The summed E-state index contributed by atoms with van der Waals surface area (Å²) in [5.74, 6) is -0.410. The Morgan fingerprint density at radius 1 is 0.800 bits per heavy atom. The molecule has 8 nitrogen and oxygen atoms in total. The molecule has 0 aliphatic rings. The molecule has 8 heteroatoms. The maximum Gasteiger partial charge on any atom is 0.343 e. The highest BCUT2D eigenvalue weighted by molar-refractivity contribution is 5.92. The fraction of sp³-hybridized carbons (Fsp3) is 0.500. The summed E-state index contributed by atoms with van der Waals surface area (Å²) in [7, 11) is 1.47. The van der Waals surface area contributed by atoms with Gasteiger partial charge in [0.05, 0.1) is 25.4 Å². The van der Waals surface area contributed by atoms with Crippen LogP contribution < -0.4 is 20.2 Å². The molecule has 218 valence electrons. The first kappa shape index (κ1) is 32.5. The Morgan fingerprint density at radius 3 is 2.05 bits per heavy atom. The second kappa shape index (κ2) is 19.4. The van der Waals surface area contributed by atoms with Gasteiger partial charge in [-0.25, -0.2) is 10.2 Å². The van der Waals surface area contributed by atoms with Crippen LogP contribution in [0.3, 0.4) is 0 Å². The molecular formula is C32H45N3O5. The first-order valence-corrected chi connectivity index (χ1v) is 14.5. The van der Waals surface area contributed by atoms with Crippen LogP contribution in [-0.2, 0) is 9.59 Å².